The molecule has 0 saturated heterocycles. The molecule has 2 aromatic rings. The summed E-state index contributed by atoms with van der Waals surface area (Å²) < 4.78 is 37.8. The summed E-state index contributed by atoms with van der Waals surface area (Å²) in [5, 5.41) is 4.66. The molecule has 0 bridgehead atoms. The molecule has 0 atom stereocenters. The Labute approximate surface area is 124 Å². The number of amides is 1. The van der Waals surface area contributed by atoms with Gasteiger partial charge in [0, 0.05) is 4.88 Å². The Balaban J connectivity index is 1.95. The zero-order valence-corrected chi connectivity index (χ0v) is 12.1. The van der Waals surface area contributed by atoms with Crippen molar-refractivity contribution in [1.29, 1.82) is 0 Å². The molecule has 112 valence electrons. The molecule has 2 rings (SSSR count). The summed E-state index contributed by atoms with van der Waals surface area (Å²) in [6.45, 7) is 2.35. The maximum atomic E-state index is 12.6. The molecule has 0 aliphatic carbocycles. The summed E-state index contributed by atoms with van der Waals surface area (Å²) in [6, 6.07) is 6.80. The fraction of sp³-hybridized carbons (Fsp3) is 0.267. The summed E-state index contributed by atoms with van der Waals surface area (Å²) in [7, 11) is 0. The van der Waals surface area contributed by atoms with Gasteiger partial charge in [-0.3, -0.25) is 4.79 Å². The van der Waals surface area contributed by atoms with E-state index in [1.165, 1.54) is 12.1 Å². The van der Waals surface area contributed by atoms with E-state index in [4.69, 9.17) is 0 Å². The van der Waals surface area contributed by atoms with Gasteiger partial charge in [-0.25, -0.2) is 0 Å². The molecule has 0 aliphatic rings. The highest BCUT2D eigenvalue weighted by molar-refractivity contribution is 7.10. The van der Waals surface area contributed by atoms with Crippen LogP contribution in [0.15, 0.2) is 35.7 Å². The predicted octanol–water partition coefficient (Wildman–Crippen LogP) is 3.93. The molecule has 0 radical (unpaired) electrons. The lowest BCUT2D eigenvalue weighted by molar-refractivity contribution is -0.137. The Kier molecular flexibility index (Phi) is 4.67. The van der Waals surface area contributed by atoms with E-state index in [-0.39, 0.29) is 12.3 Å². The van der Waals surface area contributed by atoms with Gasteiger partial charge in [0.05, 0.1) is 18.5 Å². The number of nitrogens with one attached hydrogen (secondary N) is 1. The van der Waals surface area contributed by atoms with E-state index < -0.39 is 11.7 Å². The first kappa shape index (κ1) is 15.6. The molecule has 1 amide bonds. The van der Waals surface area contributed by atoms with Crippen LogP contribution in [0.4, 0.5) is 13.2 Å². The first-order valence-electron chi connectivity index (χ1n) is 6.32. The second kappa shape index (κ2) is 6.30. The van der Waals surface area contributed by atoms with Crippen LogP contribution in [-0.4, -0.2) is 5.91 Å². The van der Waals surface area contributed by atoms with Crippen molar-refractivity contribution in [2.75, 3.05) is 0 Å². The van der Waals surface area contributed by atoms with Crippen LogP contribution >= 0.6 is 11.3 Å². The Morgan fingerprint density at radius 2 is 2.05 bits per heavy atom. The van der Waals surface area contributed by atoms with Crippen molar-refractivity contribution in [1.82, 2.24) is 5.32 Å². The number of carbonyl (C=O) groups excluding carboxylic acids is 1. The van der Waals surface area contributed by atoms with Crippen molar-refractivity contribution < 1.29 is 18.0 Å². The highest BCUT2D eigenvalue weighted by atomic mass is 32.1. The molecule has 0 aliphatic heterocycles. The molecule has 0 saturated carbocycles. The number of halogens is 3. The van der Waals surface area contributed by atoms with Crippen molar-refractivity contribution in [3.8, 4) is 0 Å². The predicted molar refractivity (Wildman–Crippen MR) is 76.1 cm³/mol. The van der Waals surface area contributed by atoms with Crippen molar-refractivity contribution in [3.05, 3.63) is 57.3 Å². The third-order valence-electron chi connectivity index (χ3n) is 3.03. The van der Waals surface area contributed by atoms with E-state index in [0.29, 0.717) is 12.1 Å². The molecule has 6 heteroatoms. The topological polar surface area (TPSA) is 29.1 Å². The van der Waals surface area contributed by atoms with Crippen molar-refractivity contribution in [2.24, 2.45) is 0 Å². The molecule has 0 spiro atoms. The van der Waals surface area contributed by atoms with E-state index in [2.05, 4.69) is 5.32 Å². The molecular weight excluding hydrogens is 299 g/mol. The molecule has 0 fully saturated rings. The van der Waals surface area contributed by atoms with E-state index in [1.54, 1.807) is 11.3 Å². The van der Waals surface area contributed by atoms with Crippen molar-refractivity contribution in [3.63, 3.8) is 0 Å². The van der Waals surface area contributed by atoms with Gasteiger partial charge in [0.2, 0.25) is 5.91 Å². The summed E-state index contributed by atoms with van der Waals surface area (Å²) >= 11 is 1.54. The lowest BCUT2D eigenvalue weighted by atomic mass is 10.1. The van der Waals surface area contributed by atoms with Gasteiger partial charge in [0.25, 0.3) is 0 Å². The highest BCUT2D eigenvalue weighted by Gasteiger charge is 2.30. The smallest absolute Gasteiger partial charge is 0.351 e. The van der Waals surface area contributed by atoms with Crippen LogP contribution in [0, 0.1) is 6.92 Å². The average molecular weight is 313 g/mol. The van der Waals surface area contributed by atoms with Gasteiger partial charge in [-0.2, -0.15) is 13.2 Å². The minimum atomic E-state index is -4.39. The third kappa shape index (κ3) is 4.32. The number of hydrogen-bond acceptors (Lipinski definition) is 2. The van der Waals surface area contributed by atoms with E-state index in [9.17, 15) is 18.0 Å². The summed E-state index contributed by atoms with van der Waals surface area (Å²) in [5.74, 6) is -0.290. The van der Waals surface area contributed by atoms with Gasteiger partial charge < -0.3 is 5.32 Å². The molecule has 1 heterocycles. The molecule has 21 heavy (non-hydrogen) atoms. The summed E-state index contributed by atoms with van der Waals surface area (Å²) in [6.07, 6.45) is -4.45. The van der Waals surface area contributed by atoms with E-state index in [0.717, 1.165) is 22.6 Å². The summed E-state index contributed by atoms with van der Waals surface area (Å²) in [4.78, 5) is 12.8. The third-order valence-corrected chi connectivity index (χ3v) is 4.06. The van der Waals surface area contributed by atoms with Crippen LogP contribution in [0.5, 0.6) is 0 Å². The monoisotopic (exact) mass is 313 g/mol. The van der Waals surface area contributed by atoms with Crippen molar-refractivity contribution >= 4 is 17.2 Å². The molecule has 2 nitrogen and oxygen atoms in total. The van der Waals surface area contributed by atoms with Gasteiger partial charge in [0.15, 0.2) is 0 Å². The van der Waals surface area contributed by atoms with E-state index in [1.807, 2.05) is 18.4 Å². The molecular formula is C15H14F3NOS. The van der Waals surface area contributed by atoms with E-state index >= 15 is 0 Å². The zero-order chi connectivity index (χ0) is 15.5. The Hall–Kier alpha value is -1.82. The number of carbonyl (C=O) groups is 1. The van der Waals surface area contributed by atoms with Crippen molar-refractivity contribution in [2.45, 2.75) is 26.1 Å². The number of alkyl halides is 3. The number of benzene rings is 1. The fourth-order valence-electron chi connectivity index (χ4n) is 1.87. The first-order chi connectivity index (χ1) is 9.86. The quantitative estimate of drug-likeness (QED) is 0.910. The van der Waals surface area contributed by atoms with Crippen LogP contribution in [0.25, 0.3) is 0 Å². The zero-order valence-electron chi connectivity index (χ0n) is 11.3. The van der Waals surface area contributed by atoms with Gasteiger partial charge >= 0.3 is 6.18 Å². The second-order valence-corrected chi connectivity index (χ2v) is 5.68. The molecule has 1 aromatic carbocycles. The number of aryl methyl sites for hydroxylation is 1. The lowest BCUT2D eigenvalue weighted by Crippen LogP contribution is -2.24. The maximum absolute atomic E-state index is 12.6. The Morgan fingerprint density at radius 1 is 1.29 bits per heavy atom. The lowest BCUT2D eigenvalue weighted by Gasteiger charge is -2.09. The number of thiophene rings is 1. The highest BCUT2D eigenvalue weighted by Crippen LogP contribution is 2.29. The number of rotatable bonds is 4. The normalized spacial score (nSPS) is 11.4. The average Bonchev–Trinajstić information content (AvgIpc) is 2.81. The number of hydrogen-bond donors (Lipinski definition) is 1. The second-order valence-electron chi connectivity index (χ2n) is 4.68. The first-order valence-corrected chi connectivity index (χ1v) is 7.20. The SMILES string of the molecule is Cc1ccsc1CNC(=O)Cc1cccc(C(F)(F)F)c1. The molecule has 1 N–H and O–H groups in total. The van der Waals surface area contributed by atoms with Gasteiger partial charge in [0.1, 0.15) is 0 Å². The minimum absolute atomic E-state index is 0.0612. The summed E-state index contributed by atoms with van der Waals surface area (Å²) in [5.41, 5.74) is 0.714. The maximum Gasteiger partial charge on any atom is 0.416 e. The van der Waals surface area contributed by atoms with Crippen LogP contribution in [0.2, 0.25) is 0 Å². The van der Waals surface area contributed by atoms with Gasteiger partial charge in [-0.15, -0.1) is 11.3 Å². The van der Waals surface area contributed by atoms with Crippen LogP contribution in [0.3, 0.4) is 0 Å². The fourth-order valence-corrected chi connectivity index (χ4v) is 2.72. The molecule has 1 aromatic heterocycles. The van der Waals surface area contributed by atoms with Crippen LogP contribution in [0.1, 0.15) is 21.6 Å². The van der Waals surface area contributed by atoms with Gasteiger partial charge in [-0.1, -0.05) is 18.2 Å². The Morgan fingerprint density at radius 3 is 2.67 bits per heavy atom. The Bertz CT molecular complexity index is 634. The standard InChI is InChI=1S/C15H14F3NOS/c1-10-5-6-21-13(10)9-19-14(20)8-11-3-2-4-12(7-11)15(16,17)18/h2-7H,8-9H2,1H3,(H,19,20). The minimum Gasteiger partial charge on any atom is -0.351 e. The van der Waals surface area contributed by atoms with Crippen LogP contribution in [-0.2, 0) is 23.9 Å². The largest absolute Gasteiger partial charge is 0.416 e. The molecule has 0 unspecified atom stereocenters. The van der Waals surface area contributed by atoms with Crippen LogP contribution < -0.4 is 5.32 Å². The van der Waals surface area contributed by atoms with Gasteiger partial charge in [-0.05, 0) is 35.6 Å².